The minimum absolute atomic E-state index is 0. The number of allylic oxidation sites excluding steroid dienone is 4. The van der Waals surface area contributed by atoms with E-state index in [4.69, 9.17) is 4.74 Å². The van der Waals surface area contributed by atoms with Gasteiger partial charge in [0.15, 0.2) is 17.1 Å². The summed E-state index contributed by atoms with van der Waals surface area (Å²) >= 11 is 0. The van der Waals surface area contributed by atoms with Crippen LogP contribution in [0.2, 0.25) is 0 Å². The van der Waals surface area contributed by atoms with Gasteiger partial charge >= 0.3 is 35.5 Å². The Morgan fingerprint density at radius 3 is 2.53 bits per heavy atom. The quantitative estimate of drug-likeness (QED) is 0.494. The fourth-order valence-electron chi connectivity index (χ4n) is 7.74. The Morgan fingerprint density at radius 1 is 1.28 bits per heavy atom. The summed E-state index contributed by atoms with van der Waals surface area (Å²) in [7, 11) is 0. The Morgan fingerprint density at radius 2 is 1.94 bits per heavy atom. The zero-order chi connectivity index (χ0) is 23.0. The number of rotatable bonds is 3. The zero-order valence-electron chi connectivity index (χ0n) is 18.5. The summed E-state index contributed by atoms with van der Waals surface area (Å²) in [6.07, 6.45) is 4.29. The molecule has 2 N–H and O–H groups in total. The molecule has 3 fully saturated rings. The number of ketones is 2. The molecule has 8 heteroatoms. The Labute approximate surface area is 209 Å². The van der Waals surface area contributed by atoms with E-state index < -0.39 is 58.4 Å². The Kier molecular flexibility index (Phi) is 6.54. The topological polar surface area (TPSA) is 101 Å². The standard InChI is InChI=1S/C24H31FO6.Na.H/c1-13-9-18-17-6-5-15-10-16(28)7-8-21(15,3)23(17,25)19(29)11-22(18,4)24(13,20(30)12-26)31-14(2)27;;/h7-8,10,13,17-19,26,29H,5-6,9,11-12H2,1-4H3;;/t13-,17+,18+,19+,21+,22+,23+,24+;;/m1../s1. The third kappa shape index (κ3) is 2.97. The van der Waals surface area contributed by atoms with Crippen molar-refractivity contribution in [3.05, 3.63) is 23.8 Å². The minimum atomic E-state index is -2.02. The summed E-state index contributed by atoms with van der Waals surface area (Å²) in [5.41, 5.74) is -5.10. The van der Waals surface area contributed by atoms with Crippen molar-refractivity contribution >= 4 is 47.1 Å². The number of Topliss-reactive ketones (excluding diaryl/α,β-unsaturated/α-hetero) is 1. The number of esters is 1. The number of alkyl halides is 1. The number of aliphatic hydroxyl groups excluding tert-OH is 2. The number of aliphatic hydroxyl groups is 2. The van der Waals surface area contributed by atoms with E-state index in [1.54, 1.807) is 26.8 Å². The van der Waals surface area contributed by atoms with Gasteiger partial charge in [0.25, 0.3) is 0 Å². The molecular formula is C24H32FNaO6. The summed E-state index contributed by atoms with van der Waals surface area (Å²) < 4.78 is 22.8. The number of hydrogen-bond acceptors (Lipinski definition) is 6. The molecule has 4 aliphatic carbocycles. The SMILES string of the molecule is CC(=O)O[C@]1(C(=O)CO)[C@H](C)C[C@H]2[C@@H]3CCC4=CC(=O)C=C[C@]4(C)[C@@]3(F)[C@@H](O)C[C@@]21C.[NaH]. The molecule has 0 saturated heterocycles. The van der Waals surface area contributed by atoms with Crippen LogP contribution in [0.25, 0.3) is 0 Å². The Balaban J connectivity index is 0.00000289. The molecule has 0 heterocycles. The van der Waals surface area contributed by atoms with Crippen LogP contribution in [0.15, 0.2) is 23.8 Å². The van der Waals surface area contributed by atoms with E-state index in [1.165, 1.54) is 19.1 Å². The maximum atomic E-state index is 17.1. The Hall–Kier alpha value is -0.860. The van der Waals surface area contributed by atoms with Crippen LogP contribution in [-0.2, 0) is 19.1 Å². The number of hydrogen-bond donors (Lipinski definition) is 2. The van der Waals surface area contributed by atoms with Crippen molar-refractivity contribution in [2.24, 2.45) is 28.6 Å². The average Bonchev–Trinajstić information content (AvgIpc) is 2.90. The van der Waals surface area contributed by atoms with E-state index in [2.05, 4.69) is 0 Å². The molecule has 0 spiro atoms. The van der Waals surface area contributed by atoms with Gasteiger partial charge in [-0.05, 0) is 50.7 Å². The van der Waals surface area contributed by atoms with Gasteiger partial charge in [-0.1, -0.05) is 25.5 Å². The van der Waals surface area contributed by atoms with Crippen molar-refractivity contribution in [2.45, 2.75) is 70.8 Å². The summed E-state index contributed by atoms with van der Waals surface area (Å²) in [5.74, 6) is -2.79. The van der Waals surface area contributed by atoms with Crippen LogP contribution in [0.3, 0.4) is 0 Å². The second-order valence-corrected chi connectivity index (χ2v) is 10.3. The first kappa shape index (κ1) is 25.8. The number of carbonyl (C=O) groups excluding carboxylic acids is 3. The molecule has 0 radical (unpaired) electrons. The zero-order valence-corrected chi connectivity index (χ0v) is 18.5. The third-order valence-electron chi connectivity index (χ3n) is 9.04. The number of ether oxygens (including phenoxy) is 1. The van der Waals surface area contributed by atoms with Crippen LogP contribution in [0.5, 0.6) is 0 Å². The average molecular weight is 459 g/mol. The van der Waals surface area contributed by atoms with Gasteiger partial charge in [-0.3, -0.25) is 14.4 Å². The van der Waals surface area contributed by atoms with Crippen molar-refractivity contribution in [3.8, 4) is 0 Å². The molecule has 0 aliphatic heterocycles. The normalized spacial score (nSPS) is 46.8. The summed E-state index contributed by atoms with van der Waals surface area (Å²) in [6.45, 7) is 5.74. The first-order chi connectivity index (χ1) is 14.4. The van der Waals surface area contributed by atoms with Crippen LogP contribution in [0.4, 0.5) is 4.39 Å². The van der Waals surface area contributed by atoms with E-state index in [0.717, 1.165) is 0 Å². The maximum absolute atomic E-state index is 17.1. The summed E-state index contributed by atoms with van der Waals surface area (Å²) in [4.78, 5) is 37.0. The molecule has 0 unspecified atom stereocenters. The summed E-state index contributed by atoms with van der Waals surface area (Å²) in [5, 5.41) is 21.1. The molecule has 3 saturated carbocycles. The van der Waals surface area contributed by atoms with E-state index in [9.17, 15) is 24.6 Å². The molecule has 0 aromatic rings. The molecule has 0 aromatic heterocycles. The van der Waals surface area contributed by atoms with Crippen LogP contribution in [0.1, 0.15) is 53.4 Å². The van der Waals surface area contributed by atoms with E-state index >= 15 is 4.39 Å². The Bertz CT molecular complexity index is 916. The van der Waals surface area contributed by atoms with Gasteiger partial charge < -0.3 is 14.9 Å². The van der Waals surface area contributed by atoms with Crippen LogP contribution >= 0.6 is 0 Å². The van der Waals surface area contributed by atoms with Gasteiger partial charge in [0.2, 0.25) is 5.78 Å². The second-order valence-electron chi connectivity index (χ2n) is 10.3. The molecule has 0 aromatic carbocycles. The van der Waals surface area contributed by atoms with Crippen LogP contribution in [-0.4, -0.2) is 81.3 Å². The molecule has 4 rings (SSSR count). The molecule has 4 aliphatic rings. The van der Waals surface area contributed by atoms with Crippen LogP contribution < -0.4 is 0 Å². The number of carbonyl (C=O) groups is 3. The molecule has 0 amide bonds. The molecular weight excluding hydrogens is 426 g/mol. The fourth-order valence-corrected chi connectivity index (χ4v) is 7.74. The van der Waals surface area contributed by atoms with Crippen molar-refractivity contribution in [2.75, 3.05) is 6.61 Å². The first-order valence-corrected chi connectivity index (χ1v) is 11.0. The fraction of sp³-hybridized carbons (Fsp3) is 0.708. The van der Waals surface area contributed by atoms with Gasteiger partial charge in [0.05, 0.1) is 6.10 Å². The van der Waals surface area contributed by atoms with E-state index in [-0.39, 0.29) is 47.7 Å². The predicted octanol–water partition coefficient (Wildman–Crippen LogP) is 1.82. The second kappa shape index (κ2) is 8.12. The van der Waals surface area contributed by atoms with Gasteiger partial charge in [0, 0.05) is 29.6 Å². The third-order valence-corrected chi connectivity index (χ3v) is 9.04. The van der Waals surface area contributed by atoms with Crippen molar-refractivity contribution in [3.63, 3.8) is 0 Å². The van der Waals surface area contributed by atoms with Crippen LogP contribution in [0, 0.1) is 28.6 Å². The molecule has 8 atom stereocenters. The van der Waals surface area contributed by atoms with Crippen molar-refractivity contribution in [1.29, 1.82) is 0 Å². The predicted molar refractivity (Wildman–Crippen MR) is 117 cm³/mol. The van der Waals surface area contributed by atoms with Gasteiger partial charge in [0.1, 0.15) is 6.61 Å². The summed E-state index contributed by atoms with van der Waals surface area (Å²) in [6, 6.07) is 0. The van der Waals surface area contributed by atoms with E-state index in [1.807, 2.05) is 0 Å². The monoisotopic (exact) mass is 458 g/mol. The number of halogens is 1. The van der Waals surface area contributed by atoms with Gasteiger partial charge in [-0.25, -0.2) is 4.39 Å². The van der Waals surface area contributed by atoms with Gasteiger partial charge in [-0.2, -0.15) is 0 Å². The van der Waals surface area contributed by atoms with Crippen molar-refractivity contribution in [1.82, 2.24) is 0 Å². The molecule has 0 bridgehead atoms. The van der Waals surface area contributed by atoms with Crippen molar-refractivity contribution < 1.29 is 33.7 Å². The number of fused-ring (bicyclic) bond motifs is 5. The van der Waals surface area contributed by atoms with E-state index in [0.29, 0.717) is 24.8 Å². The molecule has 6 nitrogen and oxygen atoms in total. The first-order valence-electron chi connectivity index (χ1n) is 11.0. The van der Waals surface area contributed by atoms with Gasteiger partial charge in [-0.15, -0.1) is 0 Å². The molecule has 32 heavy (non-hydrogen) atoms. The molecule has 172 valence electrons.